The van der Waals surface area contributed by atoms with Gasteiger partial charge in [-0.3, -0.25) is 0 Å². The molecular formula is C11HF19O2. The van der Waals surface area contributed by atoms with Crippen LogP contribution in [-0.4, -0.2) is 59.0 Å². The van der Waals surface area contributed by atoms with Gasteiger partial charge in [0, 0.05) is 0 Å². The van der Waals surface area contributed by atoms with Gasteiger partial charge in [-0.25, -0.2) is 9.18 Å². The second-order valence-corrected chi connectivity index (χ2v) is 5.44. The first-order chi connectivity index (χ1) is 13.5. The molecule has 0 aromatic heterocycles. The van der Waals surface area contributed by atoms with Crippen LogP contribution in [0.3, 0.4) is 0 Å². The van der Waals surface area contributed by atoms with Gasteiger partial charge in [0.25, 0.3) is 0 Å². The highest BCUT2D eigenvalue weighted by atomic mass is 19.4. The molecule has 0 fully saturated rings. The molecule has 0 amide bonds. The summed E-state index contributed by atoms with van der Waals surface area (Å²) in [6, 6.07) is 0. The smallest absolute Gasteiger partial charge is 0.460 e. The van der Waals surface area contributed by atoms with Gasteiger partial charge in [0.15, 0.2) is 11.4 Å². The zero-order chi connectivity index (χ0) is 26.7. The molecule has 2 nitrogen and oxygen atoms in total. The van der Waals surface area contributed by atoms with Gasteiger partial charge in [0.05, 0.1) is 0 Å². The molecule has 21 heteroatoms. The number of halogens is 19. The van der Waals surface area contributed by atoms with Crippen LogP contribution >= 0.6 is 0 Å². The van der Waals surface area contributed by atoms with Crippen molar-refractivity contribution in [1.82, 2.24) is 0 Å². The van der Waals surface area contributed by atoms with Gasteiger partial charge >= 0.3 is 53.9 Å². The Morgan fingerprint density at radius 3 is 1.03 bits per heavy atom. The molecule has 0 radical (unpaired) electrons. The predicted octanol–water partition coefficient (Wildman–Crippen LogP) is 6.23. The highest BCUT2D eigenvalue weighted by Crippen LogP contribution is 2.62. The Kier molecular flexibility index (Phi) is 6.96. The van der Waals surface area contributed by atoms with E-state index in [4.69, 9.17) is 5.11 Å². The molecule has 0 bridgehead atoms. The van der Waals surface area contributed by atoms with Crippen molar-refractivity contribution in [3.63, 3.8) is 0 Å². The van der Waals surface area contributed by atoms with E-state index in [1.165, 1.54) is 0 Å². The topological polar surface area (TPSA) is 37.3 Å². The van der Waals surface area contributed by atoms with E-state index in [9.17, 15) is 88.2 Å². The minimum absolute atomic E-state index is 4.21. The molecule has 0 aliphatic heterocycles. The van der Waals surface area contributed by atoms with Crippen LogP contribution in [0.2, 0.25) is 0 Å². The van der Waals surface area contributed by atoms with Crippen LogP contribution in [-0.2, 0) is 4.79 Å². The number of allylic oxidation sites excluding steroid dienone is 1. The molecule has 0 rings (SSSR count). The zero-order valence-corrected chi connectivity index (χ0v) is 13.5. The lowest BCUT2D eigenvalue weighted by atomic mass is 9.91. The van der Waals surface area contributed by atoms with Gasteiger partial charge < -0.3 is 5.11 Å². The Morgan fingerprint density at radius 2 is 0.781 bits per heavy atom. The fraction of sp³-hybridized carbons (Fsp3) is 0.727. The van der Waals surface area contributed by atoms with E-state index in [1.807, 2.05) is 0 Å². The molecule has 0 heterocycles. The van der Waals surface area contributed by atoms with E-state index >= 15 is 0 Å². The van der Waals surface area contributed by atoms with Gasteiger partial charge in [-0.05, 0) is 0 Å². The molecule has 190 valence electrons. The molecule has 0 aromatic carbocycles. The first-order valence-corrected chi connectivity index (χ1v) is 6.52. The lowest BCUT2D eigenvalue weighted by molar-refractivity contribution is -0.437. The van der Waals surface area contributed by atoms with Gasteiger partial charge in [-0.1, -0.05) is 0 Å². The van der Waals surface area contributed by atoms with E-state index in [-0.39, 0.29) is 0 Å². The minimum atomic E-state index is -8.75. The summed E-state index contributed by atoms with van der Waals surface area (Å²) in [4.78, 5) is 10.3. The summed E-state index contributed by atoms with van der Waals surface area (Å²) in [6.07, 6.45) is -15.3. The number of hydrogen-bond acceptors (Lipinski definition) is 1. The summed E-state index contributed by atoms with van der Waals surface area (Å²) in [7, 11) is 0. The van der Waals surface area contributed by atoms with Gasteiger partial charge in [-0.15, -0.1) is 0 Å². The number of aliphatic carboxylic acids is 1. The van der Waals surface area contributed by atoms with E-state index in [2.05, 4.69) is 0 Å². The molecule has 0 aromatic rings. The molecule has 1 N–H and O–H groups in total. The van der Waals surface area contributed by atoms with Crippen molar-refractivity contribution in [3.05, 3.63) is 11.4 Å². The van der Waals surface area contributed by atoms with Crippen molar-refractivity contribution in [2.75, 3.05) is 0 Å². The SMILES string of the molecule is O=C(O)C(=C(F)C(F)(F)C(F)(F)C(F)(F)C(F)(F)C(F)(F)C(F)(F)F)C(F)(F)C(F)(F)F. The number of alkyl halides is 18. The van der Waals surface area contributed by atoms with Gasteiger partial charge in [0.1, 0.15) is 0 Å². The fourth-order valence-electron chi connectivity index (χ4n) is 1.57. The van der Waals surface area contributed by atoms with E-state index in [0.717, 1.165) is 0 Å². The third-order valence-electron chi connectivity index (χ3n) is 3.31. The summed E-state index contributed by atoms with van der Waals surface area (Å²) in [6.45, 7) is 0. The van der Waals surface area contributed by atoms with Crippen LogP contribution in [0, 0.1) is 0 Å². The summed E-state index contributed by atoms with van der Waals surface area (Å²) in [5.41, 5.74) is -4.78. The summed E-state index contributed by atoms with van der Waals surface area (Å²) < 4.78 is 241. The Labute approximate surface area is 160 Å². The summed E-state index contributed by atoms with van der Waals surface area (Å²) in [5, 5.41) is 8.01. The maximum atomic E-state index is 13.4. The number of hydrogen-bond donors (Lipinski definition) is 1. The maximum Gasteiger partial charge on any atom is 0.460 e. The molecule has 32 heavy (non-hydrogen) atoms. The molecule has 0 spiro atoms. The molecule has 0 saturated heterocycles. The van der Waals surface area contributed by atoms with Crippen LogP contribution in [0.15, 0.2) is 11.4 Å². The number of carboxylic acid groups (broad SMARTS) is 1. The zero-order valence-electron chi connectivity index (χ0n) is 13.5. The molecule has 0 aliphatic carbocycles. The van der Waals surface area contributed by atoms with Crippen molar-refractivity contribution in [2.45, 2.75) is 47.9 Å². The van der Waals surface area contributed by atoms with Crippen molar-refractivity contribution in [2.24, 2.45) is 0 Å². The van der Waals surface area contributed by atoms with Gasteiger partial charge in [0.2, 0.25) is 0 Å². The normalized spacial score (nSPS) is 16.7. The Bertz CT molecular complexity index is 767. The minimum Gasteiger partial charge on any atom is -0.478 e. The molecular weight excluding hydrogens is 525 g/mol. The average Bonchev–Trinajstić information content (AvgIpc) is 2.51. The molecule has 0 atom stereocenters. The largest absolute Gasteiger partial charge is 0.478 e. The summed E-state index contributed by atoms with van der Waals surface area (Å²) >= 11 is 0. The number of carbonyl (C=O) groups is 1. The predicted molar refractivity (Wildman–Crippen MR) is 57.6 cm³/mol. The van der Waals surface area contributed by atoms with Crippen molar-refractivity contribution < 1.29 is 93.3 Å². The second-order valence-electron chi connectivity index (χ2n) is 5.44. The van der Waals surface area contributed by atoms with Crippen LogP contribution in [0.25, 0.3) is 0 Å². The first-order valence-electron chi connectivity index (χ1n) is 6.52. The third-order valence-corrected chi connectivity index (χ3v) is 3.31. The lowest BCUT2D eigenvalue weighted by Crippen LogP contribution is -2.70. The highest BCUT2D eigenvalue weighted by Gasteiger charge is 2.91. The first kappa shape index (κ1) is 29.9. The van der Waals surface area contributed by atoms with E-state index in [0.29, 0.717) is 0 Å². The monoisotopic (exact) mass is 526 g/mol. The average molecular weight is 526 g/mol. The molecule has 0 aliphatic rings. The van der Waals surface area contributed by atoms with Crippen molar-refractivity contribution in [3.8, 4) is 0 Å². The highest BCUT2D eigenvalue weighted by molar-refractivity contribution is 5.89. The van der Waals surface area contributed by atoms with Crippen LogP contribution < -0.4 is 0 Å². The van der Waals surface area contributed by atoms with Crippen molar-refractivity contribution >= 4 is 5.97 Å². The Hall–Kier alpha value is -2.12. The lowest BCUT2D eigenvalue weighted by Gasteiger charge is -2.39. The third kappa shape index (κ3) is 3.90. The Balaban J connectivity index is 7.18. The second kappa shape index (κ2) is 7.45. The number of carboxylic acids is 1. The van der Waals surface area contributed by atoms with Crippen LogP contribution in [0.1, 0.15) is 0 Å². The van der Waals surface area contributed by atoms with Crippen LogP contribution in [0.5, 0.6) is 0 Å². The molecule has 0 saturated carbocycles. The standard InChI is InChI=1S/C11HF19O2/c12-2(1(3(31)32)4(13,14)10(25,26)27)5(15,16)6(17,18)7(19,20)8(21,22)9(23,24)11(28,29)30/h(H,31,32). The molecule has 0 unspecified atom stereocenters. The van der Waals surface area contributed by atoms with Crippen molar-refractivity contribution in [1.29, 1.82) is 0 Å². The fourth-order valence-corrected chi connectivity index (χ4v) is 1.57. The Morgan fingerprint density at radius 1 is 0.469 bits per heavy atom. The number of rotatable bonds is 7. The van der Waals surface area contributed by atoms with Crippen LogP contribution in [0.4, 0.5) is 83.4 Å². The van der Waals surface area contributed by atoms with E-state index < -0.39 is 65.3 Å². The quantitative estimate of drug-likeness (QED) is 0.316. The van der Waals surface area contributed by atoms with Gasteiger partial charge in [-0.2, -0.15) is 79.0 Å². The maximum absolute atomic E-state index is 13.4. The summed E-state index contributed by atoms with van der Waals surface area (Å²) in [5.74, 6) is -59.6. The van der Waals surface area contributed by atoms with E-state index in [1.54, 1.807) is 0 Å².